The summed E-state index contributed by atoms with van der Waals surface area (Å²) in [5.41, 5.74) is 3.54. The van der Waals surface area contributed by atoms with E-state index < -0.39 is 5.09 Å². The molecule has 0 fully saturated rings. The standard InChI is InChI=1S/C7H16N4O3.C6H4N2/c1-2-3-4-9-10(7-8)5-6-14-11(12)13;7-4-6-2-1-3-8-5-6/h7-9H,2-6H2,1H3;1-3,5H. The van der Waals surface area contributed by atoms with E-state index in [-0.39, 0.29) is 13.2 Å². The van der Waals surface area contributed by atoms with Crippen LogP contribution in [0.5, 0.6) is 0 Å². The second-order valence-corrected chi connectivity index (χ2v) is 3.99. The van der Waals surface area contributed by atoms with Crippen LogP contribution in [0.4, 0.5) is 0 Å². The number of rotatable bonds is 9. The lowest BCUT2D eigenvalue weighted by atomic mass is 10.3. The molecule has 0 aliphatic rings. The summed E-state index contributed by atoms with van der Waals surface area (Å²) in [7, 11) is 0. The Hall–Kier alpha value is -2.73. The minimum atomic E-state index is -0.839. The fraction of sp³-hybridized carbons (Fsp3) is 0.462. The molecule has 9 nitrogen and oxygen atoms in total. The average molecular weight is 308 g/mol. The molecule has 1 heterocycles. The fourth-order valence-corrected chi connectivity index (χ4v) is 1.23. The van der Waals surface area contributed by atoms with Gasteiger partial charge < -0.3 is 4.84 Å². The van der Waals surface area contributed by atoms with Crippen molar-refractivity contribution in [1.82, 2.24) is 15.4 Å². The van der Waals surface area contributed by atoms with Crippen molar-refractivity contribution in [3.63, 3.8) is 0 Å². The van der Waals surface area contributed by atoms with Gasteiger partial charge in [0.1, 0.15) is 12.7 Å². The molecule has 0 saturated heterocycles. The van der Waals surface area contributed by atoms with Gasteiger partial charge in [0.05, 0.1) is 18.4 Å². The van der Waals surface area contributed by atoms with E-state index in [1.165, 1.54) is 11.2 Å². The summed E-state index contributed by atoms with van der Waals surface area (Å²) in [5.74, 6) is 0. The van der Waals surface area contributed by atoms with Crippen LogP contribution >= 0.6 is 0 Å². The Bertz CT molecular complexity index is 463. The van der Waals surface area contributed by atoms with Crippen molar-refractivity contribution in [3.8, 4) is 6.07 Å². The van der Waals surface area contributed by atoms with Crippen LogP contribution in [0.1, 0.15) is 25.3 Å². The number of nitriles is 1. The molecule has 1 aromatic rings. The smallest absolute Gasteiger partial charge is 0.294 e. The van der Waals surface area contributed by atoms with E-state index in [0.717, 1.165) is 25.7 Å². The molecule has 0 atom stereocenters. The van der Waals surface area contributed by atoms with Gasteiger partial charge in [-0.2, -0.15) is 5.26 Å². The molecular weight excluding hydrogens is 288 g/mol. The van der Waals surface area contributed by atoms with Gasteiger partial charge in [-0.1, -0.05) is 13.3 Å². The van der Waals surface area contributed by atoms with Crippen molar-refractivity contribution >= 4 is 6.34 Å². The van der Waals surface area contributed by atoms with Gasteiger partial charge in [0.15, 0.2) is 0 Å². The van der Waals surface area contributed by atoms with E-state index in [4.69, 9.17) is 10.7 Å². The maximum Gasteiger partial charge on any atom is 0.294 e. The first-order valence-electron chi connectivity index (χ1n) is 6.72. The van der Waals surface area contributed by atoms with E-state index in [1.54, 1.807) is 18.3 Å². The molecular formula is C13H20N6O3. The quantitative estimate of drug-likeness (QED) is 0.232. The third-order valence-electron chi connectivity index (χ3n) is 2.32. The van der Waals surface area contributed by atoms with Crippen molar-refractivity contribution in [1.29, 1.82) is 10.7 Å². The van der Waals surface area contributed by atoms with Crippen LogP contribution in [0, 0.1) is 26.9 Å². The van der Waals surface area contributed by atoms with Crippen LogP contribution in [-0.4, -0.2) is 41.1 Å². The molecule has 2 N–H and O–H groups in total. The number of hydrazine groups is 1. The van der Waals surface area contributed by atoms with Gasteiger partial charge in [-0.25, -0.2) is 5.43 Å². The normalized spacial score (nSPS) is 8.91. The van der Waals surface area contributed by atoms with Crippen molar-refractivity contribution in [2.24, 2.45) is 0 Å². The minimum absolute atomic E-state index is 0.0402. The summed E-state index contributed by atoms with van der Waals surface area (Å²) in [4.78, 5) is 17.7. The second kappa shape index (κ2) is 13.3. The molecule has 1 aromatic heterocycles. The maximum absolute atomic E-state index is 9.82. The van der Waals surface area contributed by atoms with E-state index in [9.17, 15) is 10.1 Å². The van der Waals surface area contributed by atoms with Crippen molar-refractivity contribution < 1.29 is 9.92 Å². The van der Waals surface area contributed by atoms with Crippen molar-refractivity contribution in [2.45, 2.75) is 19.8 Å². The molecule has 0 aliphatic carbocycles. The Morgan fingerprint density at radius 1 is 1.68 bits per heavy atom. The minimum Gasteiger partial charge on any atom is -0.312 e. The van der Waals surface area contributed by atoms with Crippen LogP contribution in [0.3, 0.4) is 0 Å². The molecule has 0 radical (unpaired) electrons. The molecule has 0 unspecified atom stereocenters. The van der Waals surface area contributed by atoms with Crippen LogP contribution in [0.15, 0.2) is 24.5 Å². The fourth-order valence-electron chi connectivity index (χ4n) is 1.23. The molecule has 0 amide bonds. The average Bonchev–Trinajstić information content (AvgIpc) is 2.54. The zero-order valence-electron chi connectivity index (χ0n) is 12.4. The van der Waals surface area contributed by atoms with E-state index in [0.29, 0.717) is 5.56 Å². The van der Waals surface area contributed by atoms with Crippen molar-refractivity contribution in [3.05, 3.63) is 40.2 Å². The summed E-state index contributed by atoms with van der Waals surface area (Å²) in [6.45, 7) is 3.06. The Labute approximate surface area is 129 Å². The van der Waals surface area contributed by atoms with Gasteiger partial charge in [0.2, 0.25) is 0 Å². The molecule has 0 aromatic carbocycles. The van der Waals surface area contributed by atoms with E-state index in [1.807, 2.05) is 6.07 Å². The zero-order valence-corrected chi connectivity index (χ0v) is 12.4. The summed E-state index contributed by atoms with van der Waals surface area (Å²) in [6.07, 6.45) is 6.31. The maximum atomic E-state index is 9.82. The van der Waals surface area contributed by atoms with Crippen LogP contribution in [-0.2, 0) is 4.84 Å². The first kappa shape index (κ1) is 19.3. The molecule has 9 heteroatoms. The van der Waals surface area contributed by atoms with Gasteiger partial charge >= 0.3 is 0 Å². The molecule has 0 bridgehead atoms. The van der Waals surface area contributed by atoms with Gasteiger partial charge in [-0.3, -0.25) is 15.4 Å². The number of aromatic nitrogens is 1. The van der Waals surface area contributed by atoms with E-state index in [2.05, 4.69) is 22.2 Å². The molecule has 1 rings (SSSR count). The number of hydrogen-bond donors (Lipinski definition) is 2. The lowest BCUT2D eigenvalue weighted by Crippen LogP contribution is -2.39. The SMILES string of the molecule is CCCCNN(C=N)CCO[N+](=O)[O-].N#Cc1cccnc1. The molecule has 0 saturated carbocycles. The Kier molecular flexibility index (Phi) is 11.6. The van der Waals surface area contributed by atoms with Gasteiger partial charge in [-0.05, 0) is 18.6 Å². The Balaban J connectivity index is 0.000000461. The summed E-state index contributed by atoms with van der Waals surface area (Å²) < 4.78 is 0. The van der Waals surface area contributed by atoms with Crippen LogP contribution in [0.2, 0.25) is 0 Å². The van der Waals surface area contributed by atoms with Crippen LogP contribution in [0.25, 0.3) is 0 Å². The highest BCUT2D eigenvalue weighted by atomic mass is 16.9. The topological polar surface area (TPSA) is 128 Å². The van der Waals surface area contributed by atoms with Gasteiger partial charge in [0, 0.05) is 18.9 Å². The highest BCUT2D eigenvalue weighted by Gasteiger charge is 2.00. The lowest BCUT2D eigenvalue weighted by molar-refractivity contribution is -0.757. The first-order valence-corrected chi connectivity index (χ1v) is 6.72. The lowest BCUT2D eigenvalue weighted by Gasteiger charge is -2.18. The third kappa shape index (κ3) is 11.1. The number of pyridine rings is 1. The van der Waals surface area contributed by atoms with E-state index >= 15 is 0 Å². The zero-order chi connectivity index (χ0) is 16.6. The highest BCUT2D eigenvalue weighted by molar-refractivity contribution is 5.49. The monoisotopic (exact) mass is 308 g/mol. The summed E-state index contributed by atoms with van der Waals surface area (Å²) in [5, 5.41) is 25.7. The van der Waals surface area contributed by atoms with Crippen LogP contribution < -0.4 is 5.43 Å². The Morgan fingerprint density at radius 3 is 2.91 bits per heavy atom. The van der Waals surface area contributed by atoms with Crippen molar-refractivity contribution in [2.75, 3.05) is 19.7 Å². The molecule has 0 spiro atoms. The predicted molar refractivity (Wildman–Crippen MR) is 80.3 cm³/mol. The number of hydrogen-bond acceptors (Lipinski definition) is 7. The summed E-state index contributed by atoms with van der Waals surface area (Å²) in [6, 6.07) is 5.41. The van der Waals surface area contributed by atoms with Gasteiger partial charge in [-0.15, -0.1) is 10.1 Å². The molecule has 120 valence electrons. The predicted octanol–water partition coefficient (Wildman–Crippen LogP) is 1.36. The highest BCUT2D eigenvalue weighted by Crippen LogP contribution is 1.89. The number of unbranched alkanes of at least 4 members (excludes halogenated alkanes) is 1. The second-order valence-electron chi connectivity index (χ2n) is 3.99. The largest absolute Gasteiger partial charge is 0.312 e. The molecule has 0 aliphatic heterocycles. The number of nitrogens with zero attached hydrogens (tertiary/aromatic N) is 4. The number of nitrogens with one attached hydrogen (secondary N) is 2. The first-order chi connectivity index (χ1) is 10.6. The Morgan fingerprint density at radius 2 is 2.45 bits per heavy atom. The third-order valence-corrected chi connectivity index (χ3v) is 2.32. The molecule has 22 heavy (non-hydrogen) atoms. The van der Waals surface area contributed by atoms with Gasteiger partial charge in [0.25, 0.3) is 5.09 Å². The summed E-state index contributed by atoms with van der Waals surface area (Å²) >= 11 is 0.